The smallest absolute Gasteiger partial charge is 0.280 e. The fourth-order valence-corrected chi connectivity index (χ4v) is 3.57. The number of nitrogens with two attached hydrogens (primary N) is 1. The number of nitrogen functional groups attached to an aromatic ring is 1. The molecular formula is C17H16ClN3O3S. The minimum Gasteiger partial charge on any atom is -0.493 e. The number of rotatable bonds is 5. The van der Waals surface area contributed by atoms with E-state index in [0.717, 1.165) is 10.2 Å². The molecule has 0 aliphatic rings. The topological polar surface area (TPSA) is 79.4 Å². The third-order valence-electron chi connectivity index (χ3n) is 3.69. The van der Waals surface area contributed by atoms with Gasteiger partial charge in [0.25, 0.3) is 5.56 Å². The Balaban J connectivity index is 2.03. The number of nitrogens with zero attached hydrogens (tertiary/aromatic N) is 2. The van der Waals surface area contributed by atoms with Gasteiger partial charge < -0.3 is 15.3 Å². The van der Waals surface area contributed by atoms with E-state index in [0.29, 0.717) is 38.3 Å². The number of hydrogen-bond acceptors (Lipinski definition) is 6. The maximum Gasteiger partial charge on any atom is 0.280 e. The van der Waals surface area contributed by atoms with Crippen molar-refractivity contribution in [3.8, 4) is 11.5 Å². The number of fused-ring (bicyclic) bond motifs is 1. The Morgan fingerprint density at radius 1 is 1.20 bits per heavy atom. The normalized spacial score (nSPS) is 10.8. The van der Waals surface area contributed by atoms with E-state index in [9.17, 15) is 4.79 Å². The van der Waals surface area contributed by atoms with Crippen molar-refractivity contribution in [3.05, 3.63) is 57.3 Å². The fraction of sp³-hybridized carbons (Fsp3) is 0.176. The van der Waals surface area contributed by atoms with Crippen LogP contribution in [0.5, 0.6) is 11.5 Å². The molecular weight excluding hydrogens is 362 g/mol. The zero-order valence-electron chi connectivity index (χ0n) is 13.7. The molecule has 25 heavy (non-hydrogen) atoms. The average molecular weight is 378 g/mol. The molecule has 0 unspecified atom stereocenters. The monoisotopic (exact) mass is 377 g/mol. The lowest BCUT2D eigenvalue weighted by molar-refractivity contribution is 0.355. The van der Waals surface area contributed by atoms with E-state index < -0.39 is 0 Å². The summed E-state index contributed by atoms with van der Waals surface area (Å²) in [5, 5.41) is 1.42. The first-order valence-electron chi connectivity index (χ1n) is 7.35. The summed E-state index contributed by atoms with van der Waals surface area (Å²) in [7, 11) is 3.03. The Morgan fingerprint density at radius 3 is 2.56 bits per heavy atom. The molecule has 1 aromatic heterocycles. The first kappa shape index (κ1) is 17.4. The van der Waals surface area contributed by atoms with Gasteiger partial charge in [-0.3, -0.25) is 4.79 Å². The molecule has 3 rings (SSSR count). The second-order valence-electron chi connectivity index (χ2n) is 5.17. The van der Waals surface area contributed by atoms with Gasteiger partial charge in [-0.25, -0.2) is 9.66 Å². The van der Waals surface area contributed by atoms with E-state index in [1.165, 1.54) is 26.0 Å². The second kappa shape index (κ2) is 7.25. The molecule has 6 nitrogen and oxygen atoms in total. The van der Waals surface area contributed by atoms with E-state index in [-0.39, 0.29) is 5.56 Å². The quantitative estimate of drug-likeness (QED) is 0.418. The van der Waals surface area contributed by atoms with Crippen molar-refractivity contribution in [1.29, 1.82) is 0 Å². The number of aromatic nitrogens is 2. The van der Waals surface area contributed by atoms with Gasteiger partial charge in [-0.1, -0.05) is 41.6 Å². The lowest BCUT2D eigenvalue weighted by Crippen LogP contribution is -2.29. The van der Waals surface area contributed by atoms with Crippen molar-refractivity contribution in [1.82, 2.24) is 9.66 Å². The van der Waals surface area contributed by atoms with Crippen LogP contribution in [0.4, 0.5) is 0 Å². The first-order chi connectivity index (χ1) is 12.0. The lowest BCUT2D eigenvalue weighted by atomic mass is 10.2. The van der Waals surface area contributed by atoms with Crippen LogP contribution in [-0.2, 0) is 5.75 Å². The predicted octanol–water partition coefficient (Wildman–Crippen LogP) is 3.07. The summed E-state index contributed by atoms with van der Waals surface area (Å²) in [4.78, 5) is 17.0. The van der Waals surface area contributed by atoms with Crippen LogP contribution in [0.3, 0.4) is 0 Å². The zero-order chi connectivity index (χ0) is 18.0. The van der Waals surface area contributed by atoms with E-state index in [1.54, 1.807) is 12.1 Å². The minimum absolute atomic E-state index is 0.354. The molecule has 0 bridgehead atoms. The first-order valence-corrected chi connectivity index (χ1v) is 8.71. The molecule has 0 amide bonds. The van der Waals surface area contributed by atoms with Crippen LogP contribution in [-0.4, -0.2) is 23.9 Å². The van der Waals surface area contributed by atoms with Crippen LogP contribution in [0, 0.1) is 0 Å². The maximum absolute atomic E-state index is 12.6. The van der Waals surface area contributed by atoms with E-state index in [2.05, 4.69) is 4.98 Å². The van der Waals surface area contributed by atoms with Crippen LogP contribution in [0.25, 0.3) is 10.9 Å². The van der Waals surface area contributed by atoms with Crippen LogP contribution in [0.2, 0.25) is 5.02 Å². The molecule has 8 heteroatoms. The lowest BCUT2D eigenvalue weighted by Gasteiger charge is -2.12. The van der Waals surface area contributed by atoms with Crippen LogP contribution >= 0.6 is 23.4 Å². The van der Waals surface area contributed by atoms with Gasteiger partial charge in [0.15, 0.2) is 16.7 Å². The van der Waals surface area contributed by atoms with E-state index >= 15 is 0 Å². The van der Waals surface area contributed by atoms with Gasteiger partial charge in [-0.15, -0.1) is 0 Å². The van der Waals surface area contributed by atoms with Gasteiger partial charge in [0, 0.05) is 16.8 Å². The SMILES string of the molecule is COc1cc2nc(SCc3ccccc3Cl)n(N)c(=O)c2cc1OC. The van der Waals surface area contributed by atoms with Gasteiger partial charge in [-0.05, 0) is 17.7 Å². The minimum atomic E-state index is -0.354. The molecule has 1 heterocycles. The maximum atomic E-state index is 12.6. The fourth-order valence-electron chi connectivity index (χ4n) is 2.37. The van der Waals surface area contributed by atoms with Gasteiger partial charge in [0.2, 0.25) is 0 Å². The predicted molar refractivity (Wildman–Crippen MR) is 100 cm³/mol. The van der Waals surface area contributed by atoms with Crippen LogP contribution in [0.1, 0.15) is 5.56 Å². The molecule has 0 aliphatic heterocycles. The Hall–Kier alpha value is -2.38. The summed E-state index contributed by atoms with van der Waals surface area (Å²) in [5.74, 6) is 7.42. The van der Waals surface area contributed by atoms with Crippen molar-refractivity contribution >= 4 is 34.3 Å². The Labute approximate surface area is 153 Å². The number of hydrogen-bond donors (Lipinski definition) is 1. The number of halogens is 1. The van der Waals surface area contributed by atoms with Crippen molar-refractivity contribution in [3.63, 3.8) is 0 Å². The standard InChI is InChI=1S/C17H16ClN3O3S/c1-23-14-7-11-13(8-15(14)24-2)20-17(21(19)16(11)22)25-9-10-5-3-4-6-12(10)18/h3-8H,9,19H2,1-2H3. The molecule has 2 N–H and O–H groups in total. The van der Waals surface area contributed by atoms with Crippen LogP contribution < -0.4 is 20.9 Å². The summed E-state index contributed by atoms with van der Waals surface area (Å²) >= 11 is 7.50. The van der Waals surface area contributed by atoms with E-state index in [4.69, 9.17) is 26.9 Å². The molecule has 0 fully saturated rings. The number of thioether (sulfide) groups is 1. The molecule has 0 atom stereocenters. The highest BCUT2D eigenvalue weighted by Gasteiger charge is 2.14. The van der Waals surface area contributed by atoms with E-state index in [1.807, 2.05) is 24.3 Å². The summed E-state index contributed by atoms with van der Waals surface area (Å²) in [5.41, 5.74) is 1.08. The molecule has 3 aromatic rings. The van der Waals surface area contributed by atoms with Gasteiger partial charge in [-0.2, -0.15) is 0 Å². The molecule has 130 valence electrons. The van der Waals surface area contributed by atoms with Gasteiger partial charge >= 0.3 is 0 Å². The summed E-state index contributed by atoms with van der Waals surface area (Å²) in [6.07, 6.45) is 0. The van der Waals surface area contributed by atoms with Crippen molar-refractivity contribution in [2.24, 2.45) is 0 Å². The second-order valence-corrected chi connectivity index (χ2v) is 6.52. The highest BCUT2D eigenvalue weighted by Crippen LogP contribution is 2.31. The molecule has 0 spiro atoms. The Morgan fingerprint density at radius 2 is 1.88 bits per heavy atom. The molecule has 0 aliphatic carbocycles. The number of benzene rings is 2. The molecule has 0 radical (unpaired) electrons. The largest absolute Gasteiger partial charge is 0.493 e. The van der Waals surface area contributed by atoms with Gasteiger partial charge in [0.1, 0.15) is 0 Å². The number of methoxy groups -OCH3 is 2. The van der Waals surface area contributed by atoms with Crippen molar-refractivity contribution < 1.29 is 9.47 Å². The summed E-state index contributed by atoms with van der Waals surface area (Å²) < 4.78 is 11.5. The third kappa shape index (κ3) is 3.38. The molecule has 2 aromatic carbocycles. The average Bonchev–Trinajstić information content (AvgIpc) is 2.63. The highest BCUT2D eigenvalue weighted by atomic mass is 35.5. The summed E-state index contributed by atoms with van der Waals surface area (Å²) in [6, 6.07) is 10.7. The zero-order valence-corrected chi connectivity index (χ0v) is 15.2. The number of ether oxygens (including phenoxy) is 2. The van der Waals surface area contributed by atoms with Crippen molar-refractivity contribution in [2.45, 2.75) is 10.9 Å². The molecule has 0 saturated carbocycles. The third-order valence-corrected chi connectivity index (χ3v) is 5.06. The van der Waals surface area contributed by atoms with Crippen molar-refractivity contribution in [2.75, 3.05) is 20.1 Å². The molecule has 0 saturated heterocycles. The summed E-state index contributed by atoms with van der Waals surface area (Å²) in [6.45, 7) is 0. The van der Waals surface area contributed by atoms with Crippen LogP contribution in [0.15, 0.2) is 46.3 Å². The van der Waals surface area contributed by atoms with Gasteiger partial charge in [0.05, 0.1) is 25.1 Å². The Bertz CT molecular complexity index is 991. The Kier molecular flexibility index (Phi) is 5.06. The highest BCUT2D eigenvalue weighted by molar-refractivity contribution is 7.98.